The van der Waals surface area contributed by atoms with Gasteiger partial charge < -0.3 is 0 Å². The summed E-state index contributed by atoms with van der Waals surface area (Å²) in [6, 6.07) is 0. The molecule has 64 valence electrons. The van der Waals surface area contributed by atoms with E-state index in [0.29, 0.717) is 5.78 Å². The van der Waals surface area contributed by atoms with Gasteiger partial charge in [0.2, 0.25) is 0 Å². The molecule has 0 aromatic heterocycles. The largest absolute Gasteiger partial charge is 0.295 e. The molecule has 0 radical (unpaired) electrons. The Labute approximate surface area is 73.2 Å². The number of hydrogen-bond donors (Lipinski definition) is 0. The third kappa shape index (κ3) is 1.24. The van der Waals surface area contributed by atoms with Crippen LogP contribution in [0.1, 0.15) is 32.6 Å². The molecule has 0 aromatic carbocycles. The van der Waals surface area contributed by atoms with Crippen LogP contribution in [0.4, 0.5) is 0 Å². The minimum Gasteiger partial charge on any atom is -0.295 e. The summed E-state index contributed by atoms with van der Waals surface area (Å²) < 4.78 is 0. The lowest BCUT2D eigenvalue weighted by Crippen LogP contribution is -2.19. The van der Waals surface area contributed by atoms with Crippen LogP contribution in [0.15, 0.2) is 23.8 Å². The van der Waals surface area contributed by atoms with Gasteiger partial charge in [0.1, 0.15) is 0 Å². The maximum atomic E-state index is 11.1. The summed E-state index contributed by atoms with van der Waals surface area (Å²) in [4.78, 5) is 11.1. The van der Waals surface area contributed by atoms with E-state index in [1.807, 2.05) is 0 Å². The lowest BCUT2D eigenvalue weighted by atomic mass is 9.75. The van der Waals surface area contributed by atoms with Gasteiger partial charge in [-0.05, 0) is 37.7 Å². The van der Waals surface area contributed by atoms with Crippen LogP contribution in [0.25, 0.3) is 0 Å². The molecule has 0 unspecified atom stereocenters. The highest BCUT2D eigenvalue weighted by atomic mass is 16.1. The molecule has 0 N–H and O–H groups in total. The molecule has 1 atom stereocenters. The van der Waals surface area contributed by atoms with Crippen LogP contribution >= 0.6 is 0 Å². The van der Waals surface area contributed by atoms with Gasteiger partial charge in [-0.1, -0.05) is 17.7 Å². The number of ketones is 1. The van der Waals surface area contributed by atoms with Gasteiger partial charge in [-0.2, -0.15) is 0 Å². The Balaban J connectivity index is 2.16. The average molecular weight is 162 g/mol. The molecule has 0 amide bonds. The van der Waals surface area contributed by atoms with Crippen molar-refractivity contribution in [3.05, 3.63) is 23.8 Å². The molecule has 1 heteroatoms. The van der Waals surface area contributed by atoms with E-state index >= 15 is 0 Å². The molecule has 0 aromatic rings. The molecule has 2 aliphatic carbocycles. The number of allylic oxidation sites excluding steroid dienone is 4. The molecule has 2 aliphatic rings. The molecule has 0 saturated carbocycles. The third-order valence-electron chi connectivity index (χ3n) is 3.02. The number of hydrogen-bond acceptors (Lipinski definition) is 1. The van der Waals surface area contributed by atoms with E-state index in [4.69, 9.17) is 0 Å². The Kier molecular flexibility index (Phi) is 1.67. The van der Waals surface area contributed by atoms with Crippen molar-refractivity contribution in [3.8, 4) is 0 Å². The second kappa shape index (κ2) is 2.58. The minimum atomic E-state index is 0.219. The maximum Gasteiger partial charge on any atom is 0.156 e. The average Bonchev–Trinajstić information content (AvgIpc) is 2.40. The monoisotopic (exact) mass is 162 g/mol. The van der Waals surface area contributed by atoms with Gasteiger partial charge in [0.25, 0.3) is 0 Å². The van der Waals surface area contributed by atoms with E-state index in [9.17, 15) is 4.79 Å². The molecule has 0 bridgehead atoms. The molecule has 12 heavy (non-hydrogen) atoms. The first kappa shape index (κ1) is 7.78. The zero-order chi connectivity index (χ0) is 8.60. The van der Waals surface area contributed by atoms with Gasteiger partial charge in [0.05, 0.1) is 0 Å². The van der Waals surface area contributed by atoms with Crippen LogP contribution in [0.5, 0.6) is 0 Å². The fraction of sp³-hybridized carbons (Fsp3) is 0.545. The highest BCUT2D eigenvalue weighted by molar-refractivity contribution is 5.93. The summed E-state index contributed by atoms with van der Waals surface area (Å²) in [5.41, 5.74) is 1.70. The van der Waals surface area contributed by atoms with Gasteiger partial charge in [-0.15, -0.1) is 0 Å². The van der Waals surface area contributed by atoms with Crippen molar-refractivity contribution in [2.75, 3.05) is 0 Å². The molecule has 0 saturated heterocycles. The van der Waals surface area contributed by atoms with Crippen LogP contribution in [0.3, 0.4) is 0 Å². The van der Waals surface area contributed by atoms with E-state index in [2.05, 4.69) is 19.1 Å². The SMILES string of the molecule is CC1=CC[C@]2(C=CC(=O)C2)CC1. The van der Waals surface area contributed by atoms with Crippen LogP contribution in [-0.2, 0) is 4.79 Å². The normalized spacial score (nSPS) is 34.4. The summed E-state index contributed by atoms with van der Waals surface area (Å²) in [6.45, 7) is 2.17. The van der Waals surface area contributed by atoms with E-state index in [1.54, 1.807) is 6.08 Å². The third-order valence-corrected chi connectivity index (χ3v) is 3.02. The van der Waals surface area contributed by atoms with Crippen molar-refractivity contribution >= 4 is 5.78 Å². The summed E-state index contributed by atoms with van der Waals surface area (Å²) >= 11 is 0. The molecular formula is C11H14O. The highest BCUT2D eigenvalue weighted by Gasteiger charge is 2.34. The van der Waals surface area contributed by atoms with Gasteiger partial charge in [-0.25, -0.2) is 0 Å². The van der Waals surface area contributed by atoms with E-state index in [-0.39, 0.29) is 5.41 Å². The second-order valence-corrected chi connectivity index (χ2v) is 4.09. The first-order chi connectivity index (χ1) is 5.70. The van der Waals surface area contributed by atoms with Crippen LogP contribution < -0.4 is 0 Å². The fourth-order valence-electron chi connectivity index (χ4n) is 2.07. The van der Waals surface area contributed by atoms with Gasteiger partial charge in [0.15, 0.2) is 5.78 Å². The molecule has 1 spiro atoms. The smallest absolute Gasteiger partial charge is 0.156 e. The molecule has 0 heterocycles. The zero-order valence-corrected chi connectivity index (χ0v) is 7.47. The quantitative estimate of drug-likeness (QED) is 0.500. The van der Waals surface area contributed by atoms with E-state index < -0.39 is 0 Å². The van der Waals surface area contributed by atoms with Gasteiger partial charge in [0, 0.05) is 6.42 Å². The maximum absolute atomic E-state index is 11.1. The first-order valence-corrected chi connectivity index (χ1v) is 4.58. The standard InChI is InChI=1S/C11H14O/c1-9-2-5-11(6-3-9)7-4-10(12)8-11/h2,4,7H,3,5-6,8H2,1H3/t11-/m1/s1. The molecule has 2 rings (SSSR count). The topological polar surface area (TPSA) is 17.1 Å². The van der Waals surface area contributed by atoms with Crippen molar-refractivity contribution in [1.82, 2.24) is 0 Å². The Hall–Kier alpha value is -0.850. The molecule has 0 fully saturated rings. The van der Waals surface area contributed by atoms with Crippen molar-refractivity contribution < 1.29 is 4.79 Å². The minimum absolute atomic E-state index is 0.219. The Bertz CT molecular complexity index is 273. The summed E-state index contributed by atoms with van der Waals surface area (Å²) in [6.07, 6.45) is 10.3. The summed E-state index contributed by atoms with van der Waals surface area (Å²) in [5, 5.41) is 0. The van der Waals surface area contributed by atoms with Crippen LogP contribution in [0.2, 0.25) is 0 Å². The van der Waals surface area contributed by atoms with Crippen LogP contribution in [-0.4, -0.2) is 5.78 Å². The Morgan fingerprint density at radius 1 is 1.50 bits per heavy atom. The number of carbonyl (C=O) groups is 1. The van der Waals surface area contributed by atoms with Crippen molar-refractivity contribution in [3.63, 3.8) is 0 Å². The van der Waals surface area contributed by atoms with Crippen molar-refractivity contribution in [2.45, 2.75) is 32.6 Å². The van der Waals surface area contributed by atoms with Gasteiger partial charge >= 0.3 is 0 Å². The fourth-order valence-corrected chi connectivity index (χ4v) is 2.07. The van der Waals surface area contributed by atoms with E-state index in [1.165, 1.54) is 5.57 Å². The summed E-state index contributed by atoms with van der Waals surface area (Å²) in [5.74, 6) is 0.308. The van der Waals surface area contributed by atoms with Gasteiger partial charge in [-0.3, -0.25) is 4.79 Å². The molecular weight excluding hydrogens is 148 g/mol. The predicted octanol–water partition coefficient (Wildman–Crippen LogP) is 2.63. The summed E-state index contributed by atoms with van der Waals surface area (Å²) in [7, 11) is 0. The van der Waals surface area contributed by atoms with E-state index in [0.717, 1.165) is 25.7 Å². The molecule has 1 nitrogen and oxygen atoms in total. The number of carbonyl (C=O) groups excluding carboxylic acids is 1. The van der Waals surface area contributed by atoms with Crippen molar-refractivity contribution in [1.29, 1.82) is 0 Å². The lowest BCUT2D eigenvalue weighted by Gasteiger charge is -2.29. The second-order valence-electron chi connectivity index (χ2n) is 4.09. The zero-order valence-electron chi connectivity index (χ0n) is 7.47. The first-order valence-electron chi connectivity index (χ1n) is 4.58. The molecule has 0 aliphatic heterocycles. The lowest BCUT2D eigenvalue weighted by molar-refractivity contribution is -0.115. The number of rotatable bonds is 0. The van der Waals surface area contributed by atoms with Crippen molar-refractivity contribution in [2.24, 2.45) is 5.41 Å². The predicted molar refractivity (Wildman–Crippen MR) is 48.8 cm³/mol. The Morgan fingerprint density at radius 2 is 2.33 bits per heavy atom. The highest BCUT2D eigenvalue weighted by Crippen LogP contribution is 2.42. The Morgan fingerprint density at radius 3 is 2.83 bits per heavy atom. The van der Waals surface area contributed by atoms with Crippen LogP contribution in [0, 0.1) is 5.41 Å².